The van der Waals surface area contributed by atoms with E-state index in [1.54, 1.807) is 6.20 Å². The van der Waals surface area contributed by atoms with Gasteiger partial charge in [0.15, 0.2) is 0 Å². The Hall–Kier alpha value is -0.610. The van der Waals surface area contributed by atoms with Crippen molar-refractivity contribution in [1.82, 2.24) is 4.98 Å². The molecule has 1 N–H and O–H groups in total. The summed E-state index contributed by atoms with van der Waals surface area (Å²) in [6.45, 7) is 6.71. The molecule has 2 rings (SSSR count). The number of aliphatic hydroxyl groups is 1. The number of piperidine rings is 1. The van der Waals surface area contributed by atoms with Gasteiger partial charge in [-0.05, 0) is 40.3 Å². The summed E-state index contributed by atoms with van der Waals surface area (Å²) in [4.78, 5) is 6.72. The van der Waals surface area contributed by atoms with Crippen molar-refractivity contribution in [3.63, 3.8) is 0 Å². The van der Waals surface area contributed by atoms with Gasteiger partial charge < -0.3 is 10.0 Å². The van der Waals surface area contributed by atoms with Gasteiger partial charge in [-0.3, -0.25) is 0 Å². The number of halogens is 1. The van der Waals surface area contributed by atoms with E-state index in [2.05, 4.69) is 39.7 Å². The highest BCUT2D eigenvalue weighted by molar-refractivity contribution is 9.10. The highest BCUT2D eigenvalue weighted by Crippen LogP contribution is 2.33. The lowest BCUT2D eigenvalue weighted by Crippen LogP contribution is -2.38. The average molecular weight is 299 g/mol. The fourth-order valence-corrected chi connectivity index (χ4v) is 2.58. The van der Waals surface area contributed by atoms with Crippen LogP contribution in [0.1, 0.15) is 32.3 Å². The van der Waals surface area contributed by atoms with E-state index in [1.807, 2.05) is 6.07 Å². The molecule has 1 aliphatic rings. The molecule has 0 aliphatic carbocycles. The molecule has 0 bridgehead atoms. The van der Waals surface area contributed by atoms with Crippen molar-refractivity contribution in [2.45, 2.75) is 33.3 Å². The van der Waals surface area contributed by atoms with Crippen molar-refractivity contribution in [2.75, 3.05) is 18.0 Å². The second kappa shape index (κ2) is 4.94. The maximum absolute atomic E-state index is 9.39. The summed E-state index contributed by atoms with van der Waals surface area (Å²) in [5, 5.41) is 9.39. The van der Waals surface area contributed by atoms with Gasteiger partial charge in [-0.15, -0.1) is 0 Å². The standard InChI is InChI=1S/C13H19BrN2O/c1-13(2)3-5-16(6-4-13)12-10(9-17)7-11(14)8-15-12/h7-8,17H,3-6,9H2,1-2H3. The Bertz CT molecular complexity index is 396. The molecule has 0 amide bonds. The van der Waals surface area contributed by atoms with E-state index >= 15 is 0 Å². The van der Waals surface area contributed by atoms with E-state index in [0.717, 1.165) is 28.9 Å². The van der Waals surface area contributed by atoms with E-state index < -0.39 is 0 Å². The molecule has 3 nitrogen and oxygen atoms in total. The topological polar surface area (TPSA) is 36.4 Å². The summed E-state index contributed by atoms with van der Waals surface area (Å²) in [5.74, 6) is 0.936. The Morgan fingerprint density at radius 3 is 2.65 bits per heavy atom. The van der Waals surface area contributed by atoms with Gasteiger partial charge >= 0.3 is 0 Å². The molecule has 1 saturated heterocycles. The van der Waals surface area contributed by atoms with E-state index in [-0.39, 0.29) is 6.61 Å². The molecule has 1 aliphatic heterocycles. The molecule has 1 aromatic heterocycles. The summed E-state index contributed by atoms with van der Waals surface area (Å²) in [6, 6.07) is 1.95. The molecule has 2 heterocycles. The number of anilines is 1. The van der Waals surface area contributed by atoms with Crippen molar-refractivity contribution in [2.24, 2.45) is 5.41 Å². The summed E-state index contributed by atoms with van der Waals surface area (Å²) in [6.07, 6.45) is 4.15. The largest absolute Gasteiger partial charge is 0.392 e. The first-order valence-corrected chi connectivity index (χ1v) is 6.81. The van der Waals surface area contributed by atoms with Crippen LogP contribution in [-0.2, 0) is 6.61 Å². The zero-order valence-corrected chi connectivity index (χ0v) is 12.0. The average Bonchev–Trinajstić information content (AvgIpc) is 2.29. The zero-order chi connectivity index (χ0) is 12.5. The predicted molar refractivity (Wildman–Crippen MR) is 73.1 cm³/mol. The number of nitrogens with zero attached hydrogens (tertiary/aromatic N) is 2. The number of hydrogen-bond acceptors (Lipinski definition) is 3. The van der Waals surface area contributed by atoms with Gasteiger partial charge in [0.05, 0.1) is 6.61 Å². The first kappa shape index (κ1) is 12.8. The monoisotopic (exact) mass is 298 g/mol. The van der Waals surface area contributed by atoms with Crippen molar-refractivity contribution < 1.29 is 5.11 Å². The third-order valence-corrected chi connectivity index (χ3v) is 3.93. The smallest absolute Gasteiger partial charge is 0.134 e. The number of aromatic nitrogens is 1. The molecule has 0 aromatic carbocycles. The summed E-state index contributed by atoms with van der Waals surface area (Å²) >= 11 is 3.39. The molecular weight excluding hydrogens is 280 g/mol. The fourth-order valence-electron chi connectivity index (χ4n) is 2.20. The second-order valence-electron chi connectivity index (χ2n) is 5.45. The first-order chi connectivity index (χ1) is 8.02. The Kier molecular flexibility index (Phi) is 3.73. The summed E-state index contributed by atoms with van der Waals surface area (Å²) in [7, 11) is 0. The Labute approximate surface area is 111 Å². The quantitative estimate of drug-likeness (QED) is 0.912. The van der Waals surface area contributed by atoms with Gasteiger partial charge in [0.25, 0.3) is 0 Å². The molecule has 1 aromatic rings. The number of rotatable bonds is 2. The lowest BCUT2D eigenvalue weighted by atomic mass is 9.82. The third-order valence-electron chi connectivity index (χ3n) is 3.50. The van der Waals surface area contributed by atoms with Crippen LogP contribution in [0.4, 0.5) is 5.82 Å². The van der Waals surface area contributed by atoms with E-state index in [1.165, 1.54) is 12.8 Å². The number of aliphatic hydroxyl groups excluding tert-OH is 1. The lowest BCUT2D eigenvalue weighted by molar-refractivity contribution is 0.271. The fraction of sp³-hybridized carbons (Fsp3) is 0.615. The van der Waals surface area contributed by atoms with Gasteiger partial charge in [0.2, 0.25) is 0 Å². The molecule has 4 heteroatoms. The van der Waals surface area contributed by atoms with Crippen LogP contribution in [0.25, 0.3) is 0 Å². The molecule has 0 unspecified atom stereocenters. The molecule has 1 fully saturated rings. The molecule has 0 saturated carbocycles. The SMILES string of the molecule is CC1(C)CCN(c2ncc(Br)cc2CO)CC1. The highest BCUT2D eigenvalue weighted by Gasteiger charge is 2.26. The summed E-state index contributed by atoms with van der Waals surface area (Å²) in [5.41, 5.74) is 1.34. The van der Waals surface area contributed by atoms with Gasteiger partial charge in [-0.2, -0.15) is 0 Å². The Balaban J connectivity index is 2.18. The minimum atomic E-state index is 0.0433. The minimum absolute atomic E-state index is 0.0433. The van der Waals surface area contributed by atoms with Gasteiger partial charge in [0.1, 0.15) is 5.82 Å². The van der Waals surface area contributed by atoms with Crippen LogP contribution in [-0.4, -0.2) is 23.2 Å². The van der Waals surface area contributed by atoms with Crippen LogP contribution in [0.5, 0.6) is 0 Å². The molecule has 17 heavy (non-hydrogen) atoms. The van der Waals surface area contributed by atoms with E-state index in [4.69, 9.17) is 0 Å². The van der Waals surface area contributed by atoms with Crippen LogP contribution in [0.15, 0.2) is 16.7 Å². The Morgan fingerprint density at radius 2 is 2.06 bits per heavy atom. The number of hydrogen-bond donors (Lipinski definition) is 1. The molecule has 0 radical (unpaired) electrons. The second-order valence-corrected chi connectivity index (χ2v) is 6.36. The first-order valence-electron chi connectivity index (χ1n) is 6.02. The van der Waals surface area contributed by atoms with Gasteiger partial charge in [0, 0.05) is 29.3 Å². The van der Waals surface area contributed by atoms with Crippen molar-refractivity contribution in [3.8, 4) is 0 Å². The van der Waals surface area contributed by atoms with Crippen molar-refractivity contribution in [3.05, 3.63) is 22.3 Å². The maximum Gasteiger partial charge on any atom is 0.134 e. The maximum atomic E-state index is 9.39. The molecule has 0 spiro atoms. The van der Waals surface area contributed by atoms with Crippen LogP contribution in [0.2, 0.25) is 0 Å². The van der Waals surface area contributed by atoms with Crippen molar-refractivity contribution in [1.29, 1.82) is 0 Å². The molecule has 94 valence electrons. The molecule has 0 atom stereocenters. The van der Waals surface area contributed by atoms with Crippen LogP contribution < -0.4 is 4.90 Å². The van der Waals surface area contributed by atoms with Gasteiger partial charge in [-0.25, -0.2) is 4.98 Å². The highest BCUT2D eigenvalue weighted by atomic mass is 79.9. The summed E-state index contributed by atoms with van der Waals surface area (Å²) < 4.78 is 0.919. The van der Waals surface area contributed by atoms with E-state index in [9.17, 15) is 5.11 Å². The number of pyridine rings is 1. The van der Waals surface area contributed by atoms with Crippen LogP contribution in [0.3, 0.4) is 0 Å². The van der Waals surface area contributed by atoms with Crippen molar-refractivity contribution >= 4 is 21.7 Å². The van der Waals surface area contributed by atoms with E-state index in [0.29, 0.717) is 5.41 Å². The lowest BCUT2D eigenvalue weighted by Gasteiger charge is -2.38. The minimum Gasteiger partial charge on any atom is -0.392 e. The normalized spacial score (nSPS) is 19.4. The zero-order valence-electron chi connectivity index (χ0n) is 10.4. The Morgan fingerprint density at radius 1 is 1.41 bits per heavy atom. The van der Waals surface area contributed by atoms with Crippen LogP contribution in [0, 0.1) is 5.41 Å². The van der Waals surface area contributed by atoms with Gasteiger partial charge in [-0.1, -0.05) is 13.8 Å². The molecular formula is C13H19BrN2O. The third kappa shape index (κ3) is 2.99. The van der Waals surface area contributed by atoms with Crippen LogP contribution >= 0.6 is 15.9 Å². The predicted octanol–water partition coefficient (Wildman–Crippen LogP) is 2.96.